The van der Waals surface area contributed by atoms with Gasteiger partial charge in [0.15, 0.2) is 0 Å². The first kappa shape index (κ1) is 46.2. The van der Waals surface area contributed by atoms with Crippen LogP contribution in [-0.4, -0.2) is 82.1 Å². The first-order valence-corrected chi connectivity index (χ1v) is 18.0. The van der Waals surface area contributed by atoms with Crippen LogP contribution in [0.1, 0.15) is 31.8 Å². The zero-order chi connectivity index (χ0) is 37.6. The average Bonchev–Trinajstić information content (AvgIpc) is 3.06. The average molecular weight is 839 g/mol. The molecule has 0 fully saturated rings. The molecular formula is C34H38CdN4O10S2. The Kier molecular flexibility index (Phi) is 22.8. The van der Waals surface area contributed by atoms with Crippen LogP contribution in [0.15, 0.2) is 95.1 Å². The molecule has 0 aromatic heterocycles. The van der Waals surface area contributed by atoms with Crippen molar-refractivity contribution >= 4 is 45.8 Å². The molecule has 51 heavy (non-hydrogen) atoms. The van der Waals surface area contributed by atoms with Gasteiger partial charge in [-0.15, -0.1) is 0 Å². The van der Waals surface area contributed by atoms with E-state index >= 15 is 0 Å². The van der Waals surface area contributed by atoms with Crippen molar-refractivity contribution < 1.29 is 75.2 Å². The van der Waals surface area contributed by atoms with Crippen LogP contribution >= 0.6 is 0 Å². The molecule has 0 aliphatic carbocycles. The zero-order valence-corrected chi connectivity index (χ0v) is 34.5. The maximum atomic E-state index is 11.7. The zero-order valence-electron chi connectivity index (χ0n) is 28.8. The maximum absolute atomic E-state index is 11.7. The molecule has 0 aliphatic heterocycles. The van der Waals surface area contributed by atoms with Gasteiger partial charge in [0.25, 0.3) is 11.8 Å². The van der Waals surface area contributed by atoms with Gasteiger partial charge in [-0.1, -0.05) is 23.6 Å². The van der Waals surface area contributed by atoms with Gasteiger partial charge in [-0.3, -0.25) is 18.0 Å². The summed E-state index contributed by atoms with van der Waals surface area (Å²) in [6, 6.07) is 20.5. The summed E-state index contributed by atoms with van der Waals surface area (Å²) in [5.41, 5.74) is 5.97. The van der Waals surface area contributed by atoms with Crippen LogP contribution in [0.25, 0.3) is 0 Å². The number of hydrogen-bond donors (Lipinski definition) is 4. The normalized spacial score (nSPS) is 10.0. The molecule has 0 bridgehead atoms. The van der Waals surface area contributed by atoms with Crippen LogP contribution < -0.4 is 30.5 Å². The second kappa shape index (κ2) is 25.2. The quantitative estimate of drug-likeness (QED) is 0.115. The molecule has 14 nitrogen and oxygen atoms in total. The number of methoxy groups -OCH3 is 2. The standard InChI is InChI=1S/2C15H14N2O4.2C2H6OS.Cd/c2*1-21-13-7-4-11(14(19)8-13)9-16-17-15(20)10-2-5-12(18)6-3-10;2*1-4(2)3;/h2*2-9,18-19H,1H3,(H,17,20);2*1-2H3;/q;;;;+2/p-2/b2*16-9+;;;. The van der Waals surface area contributed by atoms with E-state index in [9.17, 15) is 28.2 Å². The maximum Gasteiger partial charge on any atom is 2.00 e. The fourth-order valence-corrected chi connectivity index (χ4v) is 3.17. The van der Waals surface area contributed by atoms with Gasteiger partial charge in [0.05, 0.1) is 26.6 Å². The number of phenolic OH excluding ortho intramolecular Hbond substituents is 2. The molecule has 4 rings (SSSR count). The van der Waals surface area contributed by atoms with Crippen LogP contribution in [-0.2, 0) is 48.9 Å². The number of nitrogens with one attached hydrogen (secondary N) is 2. The molecule has 4 N–H and O–H groups in total. The molecule has 0 saturated carbocycles. The Bertz CT molecular complexity index is 1650. The minimum atomic E-state index is -0.611. The molecule has 17 heteroatoms. The topological polar surface area (TPSA) is 222 Å². The van der Waals surface area contributed by atoms with Crippen molar-refractivity contribution in [3.63, 3.8) is 0 Å². The SMILES string of the molecule is COc1ccc(/C=N/NC(=O)c2ccc(O)cc2)c([O-])c1.COc1ccc(/C=N/NC(=O)c2ccc(O)cc2)c([O-])c1.CS(C)=O.CS(C)=O.[Cd+2]. The van der Waals surface area contributed by atoms with Crippen molar-refractivity contribution in [2.75, 3.05) is 39.2 Å². The van der Waals surface area contributed by atoms with Gasteiger partial charge >= 0.3 is 27.3 Å². The Morgan fingerprint density at radius 2 is 0.922 bits per heavy atom. The van der Waals surface area contributed by atoms with Crippen molar-refractivity contribution in [3.05, 3.63) is 107 Å². The molecule has 0 heterocycles. The number of carbonyl (C=O) groups is 2. The van der Waals surface area contributed by atoms with Crippen molar-refractivity contribution in [1.82, 2.24) is 10.9 Å². The molecule has 2 amide bonds. The van der Waals surface area contributed by atoms with E-state index in [1.165, 1.54) is 87.3 Å². The Labute approximate surface area is 321 Å². The molecule has 0 spiro atoms. The summed E-state index contributed by atoms with van der Waals surface area (Å²) in [4.78, 5) is 23.5. The van der Waals surface area contributed by atoms with Crippen molar-refractivity contribution in [2.45, 2.75) is 0 Å². The third kappa shape index (κ3) is 19.8. The summed E-state index contributed by atoms with van der Waals surface area (Å²) in [6.07, 6.45) is 9.08. The van der Waals surface area contributed by atoms with Crippen LogP contribution in [0, 0.1) is 0 Å². The van der Waals surface area contributed by atoms with Crippen LogP contribution in [0.4, 0.5) is 0 Å². The molecule has 0 atom stereocenters. The van der Waals surface area contributed by atoms with Crippen LogP contribution in [0.3, 0.4) is 0 Å². The first-order valence-electron chi connectivity index (χ1n) is 14.1. The molecule has 0 aliphatic rings. The van der Waals surface area contributed by atoms with Crippen LogP contribution in [0.5, 0.6) is 34.5 Å². The summed E-state index contributed by atoms with van der Waals surface area (Å²) in [5, 5.41) is 49.1. The molecule has 268 valence electrons. The summed E-state index contributed by atoms with van der Waals surface area (Å²) in [7, 11) is 1.72. The van der Waals surface area contributed by atoms with E-state index in [0.717, 1.165) is 0 Å². The molecule has 0 unspecified atom stereocenters. The van der Waals surface area contributed by atoms with Gasteiger partial charge in [0, 0.05) is 57.7 Å². The Morgan fingerprint density at radius 1 is 0.627 bits per heavy atom. The number of benzene rings is 4. The van der Waals surface area contributed by atoms with Gasteiger partial charge in [-0.25, -0.2) is 10.9 Å². The number of hydrogen-bond acceptors (Lipinski definition) is 12. The van der Waals surface area contributed by atoms with E-state index in [1.807, 2.05) is 0 Å². The monoisotopic (exact) mass is 840 g/mol. The predicted octanol–water partition coefficient (Wildman–Crippen LogP) is 2.46. The van der Waals surface area contributed by atoms with Gasteiger partial charge in [-0.05, 0) is 83.9 Å². The Balaban J connectivity index is 0.000000797. The Morgan fingerprint density at radius 3 is 1.18 bits per heavy atom. The number of nitrogens with zero attached hydrogens (tertiary/aromatic N) is 2. The van der Waals surface area contributed by atoms with Gasteiger partial charge < -0.3 is 29.9 Å². The van der Waals surface area contributed by atoms with Gasteiger partial charge in [0.1, 0.15) is 23.0 Å². The van der Waals surface area contributed by atoms with Crippen molar-refractivity contribution in [3.8, 4) is 34.5 Å². The third-order valence-electron chi connectivity index (χ3n) is 5.44. The summed E-state index contributed by atoms with van der Waals surface area (Å²) < 4.78 is 29.0. The van der Waals surface area contributed by atoms with E-state index in [1.54, 1.807) is 49.3 Å². The third-order valence-corrected chi connectivity index (χ3v) is 5.44. The number of hydrazone groups is 2. The van der Waals surface area contributed by atoms with Gasteiger partial charge in [-0.2, -0.15) is 10.2 Å². The number of ether oxygens (including phenoxy) is 2. The summed E-state index contributed by atoms with van der Waals surface area (Å²) in [5.74, 6) is -0.308. The minimum absolute atomic E-state index is 0. The first-order chi connectivity index (χ1) is 23.7. The van der Waals surface area contributed by atoms with E-state index in [2.05, 4.69) is 21.1 Å². The number of rotatable bonds is 8. The van der Waals surface area contributed by atoms with Crippen molar-refractivity contribution in [1.29, 1.82) is 0 Å². The van der Waals surface area contributed by atoms with E-state index in [4.69, 9.17) is 19.7 Å². The summed E-state index contributed by atoms with van der Waals surface area (Å²) in [6.45, 7) is 0. The second-order valence-electron chi connectivity index (χ2n) is 9.78. The molecule has 4 aromatic rings. The molecule has 4 aromatic carbocycles. The number of phenols is 2. The van der Waals surface area contributed by atoms with Crippen LogP contribution in [0.2, 0.25) is 0 Å². The fourth-order valence-electron chi connectivity index (χ4n) is 3.17. The van der Waals surface area contributed by atoms with Gasteiger partial charge in [0.2, 0.25) is 0 Å². The predicted molar refractivity (Wildman–Crippen MR) is 191 cm³/mol. The number of carbonyl (C=O) groups excluding carboxylic acids is 2. The number of amides is 2. The fraction of sp³-hybridized carbons (Fsp3) is 0.176. The molecular weight excluding hydrogens is 801 g/mol. The number of aromatic hydroxyl groups is 2. The molecule has 0 saturated heterocycles. The smallest absolute Gasteiger partial charge is 0.872 e. The largest absolute Gasteiger partial charge is 2.00 e. The van der Waals surface area contributed by atoms with E-state index < -0.39 is 33.4 Å². The Hall–Kier alpha value is -4.82. The van der Waals surface area contributed by atoms with E-state index in [0.29, 0.717) is 33.8 Å². The van der Waals surface area contributed by atoms with Crippen molar-refractivity contribution in [2.24, 2.45) is 10.2 Å². The van der Waals surface area contributed by atoms with E-state index in [-0.39, 0.29) is 50.3 Å². The molecule has 0 radical (unpaired) electrons. The minimum Gasteiger partial charge on any atom is -0.872 e. The summed E-state index contributed by atoms with van der Waals surface area (Å²) >= 11 is 0. The second-order valence-corrected chi connectivity index (χ2v) is 12.7.